The summed E-state index contributed by atoms with van der Waals surface area (Å²) < 4.78 is 34.7. The standard InChI is InChI=1S/C21H22FN3O3S/c1-23-12-15-10-20(18-8-3-4-9-19(18)22)25(13-15)29(27)17-7-5-6-16(11-17)28-14-21(26)24-2/h3-11,13,23H,12,14H2,1-2H3,(H,24,26). The van der Waals surface area contributed by atoms with Crippen molar-refractivity contribution in [1.29, 1.82) is 0 Å². The highest BCUT2D eigenvalue weighted by atomic mass is 32.2. The Balaban J connectivity index is 1.97. The molecule has 6 nitrogen and oxygen atoms in total. The Morgan fingerprint density at radius 1 is 1.14 bits per heavy atom. The molecule has 29 heavy (non-hydrogen) atoms. The molecule has 3 aromatic rings. The minimum Gasteiger partial charge on any atom is -0.484 e. The number of hydrogen-bond acceptors (Lipinski definition) is 4. The maximum Gasteiger partial charge on any atom is 0.257 e. The SMILES string of the molecule is CNCc1cc(-c2ccccc2F)n(S(=O)c2cccc(OCC(=O)NC)c2)c1. The second kappa shape index (κ2) is 9.49. The fourth-order valence-corrected chi connectivity index (χ4v) is 4.01. The average Bonchev–Trinajstić information content (AvgIpc) is 3.15. The van der Waals surface area contributed by atoms with Crippen molar-refractivity contribution in [2.45, 2.75) is 11.4 Å². The number of likely N-dealkylation sites (N-methyl/N-ethyl adjacent to an activating group) is 1. The van der Waals surface area contributed by atoms with Crippen molar-refractivity contribution in [3.05, 3.63) is 72.2 Å². The van der Waals surface area contributed by atoms with Crippen molar-refractivity contribution in [3.63, 3.8) is 0 Å². The molecule has 1 heterocycles. The minimum atomic E-state index is -1.63. The lowest BCUT2D eigenvalue weighted by molar-refractivity contribution is -0.122. The zero-order valence-electron chi connectivity index (χ0n) is 16.1. The summed E-state index contributed by atoms with van der Waals surface area (Å²) in [5.74, 6) is -0.225. The van der Waals surface area contributed by atoms with E-state index in [1.165, 1.54) is 13.1 Å². The summed E-state index contributed by atoms with van der Waals surface area (Å²) in [6.07, 6.45) is 1.74. The highest BCUT2D eigenvalue weighted by molar-refractivity contribution is 7.83. The van der Waals surface area contributed by atoms with Crippen molar-refractivity contribution < 1.29 is 18.1 Å². The molecule has 0 saturated heterocycles. The van der Waals surface area contributed by atoms with E-state index >= 15 is 0 Å². The fraction of sp³-hybridized carbons (Fsp3) is 0.190. The topological polar surface area (TPSA) is 72.4 Å². The summed E-state index contributed by atoms with van der Waals surface area (Å²) in [6, 6.07) is 14.9. The van der Waals surface area contributed by atoms with E-state index in [1.807, 2.05) is 13.1 Å². The lowest BCUT2D eigenvalue weighted by atomic mass is 10.1. The number of rotatable bonds is 8. The quantitative estimate of drug-likeness (QED) is 0.593. The Kier molecular flexibility index (Phi) is 6.79. The molecule has 1 atom stereocenters. The molecule has 1 amide bonds. The third-order valence-corrected chi connectivity index (χ3v) is 5.52. The molecule has 2 aromatic carbocycles. The third kappa shape index (κ3) is 4.90. The Morgan fingerprint density at radius 3 is 2.66 bits per heavy atom. The fourth-order valence-electron chi connectivity index (χ4n) is 2.81. The van der Waals surface area contributed by atoms with Gasteiger partial charge in [0.1, 0.15) is 11.6 Å². The lowest BCUT2D eigenvalue weighted by Crippen LogP contribution is -2.24. The molecular formula is C21H22FN3O3S. The van der Waals surface area contributed by atoms with E-state index in [-0.39, 0.29) is 18.3 Å². The van der Waals surface area contributed by atoms with Gasteiger partial charge in [0.2, 0.25) is 0 Å². The minimum absolute atomic E-state index is 0.136. The third-order valence-electron chi connectivity index (χ3n) is 4.21. The number of hydrogen-bond donors (Lipinski definition) is 2. The van der Waals surface area contributed by atoms with Gasteiger partial charge in [-0.2, -0.15) is 0 Å². The zero-order valence-corrected chi connectivity index (χ0v) is 17.0. The smallest absolute Gasteiger partial charge is 0.257 e. The molecule has 1 unspecified atom stereocenters. The largest absolute Gasteiger partial charge is 0.484 e. The van der Waals surface area contributed by atoms with Gasteiger partial charge in [0.15, 0.2) is 17.6 Å². The van der Waals surface area contributed by atoms with Crippen LogP contribution in [-0.2, 0) is 22.3 Å². The van der Waals surface area contributed by atoms with Crippen LogP contribution in [-0.4, -0.2) is 34.8 Å². The van der Waals surface area contributed by atoms with Gasteiger partial charge >= 0.3 is 0 Å². The van der Waals surface area contributed by atoms with Gasteiger partial charge in [0, 0.05) is 25.4 Å². The summed E-state index contributed by atoms with van der Waals surface area (Å²) in [7, 11) is 1.70. The number of aromatic nitrogens is 1. The molecule has 8 heteroatoms. The predicted octanol–water partition coefficient (Wildman–Crippen LogP) is 2.71. The van der Waals surface area contributed by atoms with Crippen molar-refractivity contribution in [2.75, 3.05) is 20.7 Å². The van der Waals surface area contributed by atoms with E-state index in [9.17, 15) is 13.4 Å². The van der Waals surface area contributed by atoms with E-state index in [2.05, 4.69) is 10.6 Å². The van der Waals surface area contributed by atoms with Crippen LogP contribution in [0.25, 0.3) is 11.3 Å². The number of nitrogens with zero attached hydrogens (tertiary/aromatic N) is 1. The first-order valence-electron chi connectivity index (χ1n) is 9.00. The van der Waals surface area contributed by atoms with Gasteiger partial charge in [0.25, 0.3) is 5.91 Å². The molecule has 0 aliphatic rings. The highest BCUT2D eigenvalue weighted by Crippen LogP contribution is 2.28. The number of halogens is 1. The number of benzene rings is 2. The summed E-state index contributed by atoms with van der Waals surface area (Å²) >= 11 is 0. The normalized spacial score (nSPS) is 11.8. The van der Waals surface area contributed by atoms with Crippen molar-refractivity contribution in [1.82, 2.24) is 14.6 Å². The van der Waals surface area contributed by atoms with Crippen molar-refractivity contribution in [3.8, 4) is 17.0 Å². The summed E-state index contributed by atoms with van der Waals surface area (Å²) in [6.45, 7) is 0.420. The van der Waals surface area contributed by atoms with Gasteiger partial charge < -0.3 is 15.4 Å². The van der Waals surface area contributed by atoms with Crippen LogP contribution < -0.4 is 15.4 Å². The second-order valence-electron chi connectivity index (χ2n) is 6.26. The van der Waals surface area contributed by atoms with Crippen LogP contribution in [0.15, 0.2) is 65.7 Å². The van der Waals surface area contributed by atoms with Crippen LogP contribution in [0.1, 0.15) is 5.56 Å². The molecule has 0 spiro atoms. The molecule has 0 radical (unpaired) electrons. The molecule has 0 saturated carbocycles. The van der Waals surface area contributed by atoms with E-state index in [4.69, 9.17) is 4.74 Å². The number of carbonyl (C=O) groups excluding carboxylic acids is 1. The molecular weight excluding hydrogens is 393 g/mol. The maximum atomic E-state index is 14.4. The number of carbonyl (C=O) groups is 1. The van der Waals surface area contributed by atoms with Crippen molar-refractivity contribution in [2.24, 2.45) is 0 Å². The molecule has 0 bridgehead atoms. The Bertz CT molecular complexity index is 1040. The molecule has 0 aliphatic carbocycles. The van der Waals surface area contributed by atoms with Crippen molar-refractivity contribution >= 4 is 16.9 Å². The monoisotopic (exact) mass is 415 g/mol. The number of ether oxygens (including phenoxy) is 1. The van der Waals surface area contributed by atoms with Crippen LogP contribution >= 0.6 is 0 Å². The van der Waals surface area contributed by atoms with Gasteiger partial charge in [-0.05, 0) is 49.0 Å². The molecule has 0 fully saturated rings. The average molecular weight is 415 g/mol. The van der Waals surface area contributed by atoms with Crippen LogP contribution in [0.2, 0.25) is 0 Å². The van der Waals surface area contributed by atoms with Crippen LogP contribution in [0.5, 0.6) is 5.75 Å². The van der Waals surface area contributed by atoms with Gasteiger partial charge in [-0.3, -0.25) is 8.77 Å². The van der Waals surface area contributed by atoms with Gasteiger partial charge in [0.05, 0.1) is 10.6 Å². The predicted molar refractivity (Wildman–Crippen MR) is 110 cm³/mol. The van der Waals surface area contributed by atoms with Gasteiger partial charge in [-0.25, -0.2) is 8.60 Å². The number of nitrogens with one attached hydrogen (secondary N) is 2. The Hall–Kier alpha value is -2.97. The molecule has 3 rings (SSSR count). The second-order valence-corrected chi connectivity index (χ2v) is 7.62. The van der Waals surface area contributed by atoms with E-state index in [0.717, 1.165) is 5.56 Å². The van der Waals surface area contributed by atoms with E-state index in [1.54, 1.807) is 52.6 Å². The van der Waals surface area contributed by atoms with Crippen LogP contribution in [0, 0.1) is 5.82 Å². The Labute approximate surface area is 171 Å². The first kappa shape index (κ1) is 20.8. The molecule has 152 valence electrons. The van der Waals surface area contributed by atoms with Gasteiger partial charge in [-0.15, -0.1) is 0 Å². The van der Waals surface area contributed by atoms with Gasteiger partial charge in [-0.1, -0.05) is 18.2 Å². The number of amides is 1. The van der Waals surface area contributed by atoms with Crippen LogP contribution in [0.3, 0.4) is 0 Å². The molecule has 1 aromatic heterocycles. The van der Waals surface area contributed by atoms with E-state index in [0.29, 0.717) is 28.4 Å². The first-order chi connectivity index (χ1) is 14.0. The first-order valence-corrected chi connectivity index (χ1v) is 10.1. The Morgan fingerprint density at radius 2 is 1.93 bits per heavy atom. The highest BCUT2D eigenvalue weighted by Gasteiger charge is 2.17. The summed E-state index contributed by atoms with van der Waals surface area (Å²) in [4.78, 5) is 11.9. The summed E-state index contributed by atoms with van der Waals surface area (Å²) in [5.41, 5.74) is 1.77. The molecule has 0 aliphatic heterocycles. The zero-order chi connectivity index (χ0) is 20.8. The maximum absolute atomic E-state index is 14.4. The molecule has 2 N–H and O–H groups in total. The van der Waals surface area contributed by atoms with E-state index < -0.39 is 11.0 Å². The van der Waals surface area contributed by atoms with Crippen LogP contribution in [0.4, 0.5) is 4.39 Å². The summed E-state index contributed by atoms with van der Waals surface area (Å²) in [5, 5.41) is 5.52. The lowest BCUT2D eigenvalue weighted by Gasteiger charge is -2.11.